The first kappa shape index (κ1) is 25.0. The lowest BCUT2D eigenvalue weighted by Crippen LogP contribution is -2.53. The highest BCUT2D eigenvalue weighted by Crippen LogP contribution is 2.66. The van der Waals surface area contributed by atoms with Crippen molar-refractivity contribution in [1.29, 1.82) is 0 Å². The second-order valence-corrected chi connectivity index (χ2v) is 11.3. The van der Waals surface area contributed by atoms with E-state index in [-0.39, 0.29) is 22.7 Å². The van der Waals surface area contributed by atoms with Gasteiger partial charge in [0.1, 0.15) is 0 Å². The number of ketones is 1. The highest BCUT2D eigenvalue weighted by atomic mass is 19.4. The fraction of sp³-hybridized carbons (Fsp3) is 0.731. The van der Waals surface area contributed by atoms with Crippen LogP contribution in [-0.4, -0.2) is 46.9 Å². The number of alkyl halides is 3. The summed E-state index contributed by atoms with van der Waals surface area (Å²) in [6.45, 7) is 5.50. The first-order valence-electron chi connectivity index (χ1n) is 12.2. The number of hydrogen-bond donors (Lipinski definition) is 1. The molecule has 0 radical (unpaired) electrons. The minimum atomic E-state index is -4.97. The van der Waals surface area contributed by atoms with Gasteiger partial charge in [0.15, 0.2) is 0 Å². The number of carbonyl (C=O) groups is 3. The molecule has 0 bridgehead atoms. The van der Waals surface area contributed by atoms with E-state index in [4.69, 9.17) is 0 Å². The van der Waals surface area contributed by atoms with Crippen LogP contribution in [0.2, 0.25) is 0 Å². The number of rotatable bonds is 4. The molecule has 4 rings (SSSR count). The molecule has 2 fully saturated rings. The topological polar surface area (TPSA) is 74.7 Å². The molecule has 0 aromatic rings. The summed E-state index contributed by atoms with van der Waals surface area (Å²) in [6.07, 6.45) is 4.43. The van der Waals surface area contributed by atoms with Gasteiger partial charge >= 0.3 is 12.1 Å². The maximum absolute atomic E-state index is 13.4. The van der Waals surface area contributed by atoms with Gasteiger partial charge < -0.3 is 10.0 Å². The lowest BCUT2D eigenvalue weighted by molar-refractivity contribution is -0.177. The van der Waals surface area contributed by atoms with Gasteiger partial charge in [0.25, 0.3) is 5.78 Å². The molecule has 7 atom stereocenters. The van der Waals surface area contributed by atoms with Crippen LogP contribution < -0.4 is 0 Å². The van der Waals surface area contributed by atoms with Crippen molar-refractivity contribution in [3.8, 4) is 0 Å². The summed E-state index contributed by atoms with van der Waals surface area (Å²) in [6, 6.07) is -1.54. The van der Waals surface area contributed by atoms with E-state index in [9.17, 15) is 32.7 Å². The minimum absolute atomic E-state index is 0.0876. The SMILES string of the molecule is CC(C(=O)C(F)(F)F)N(C)C(=O)[C@H]1CC[C@H]2[C@@H]3CC=C4C=C(C(=O)O)CC[C@]4(C)[C@H]3CC[C@]12C. The summed E-state index contributed by atoms with van der Waals surface area (Å²) < 4.78 is 38.8. The van der Waals surface area contributed by atoms with E-state index in [2.05, 4.69) is 19.9 Å². The molecule has 0 aromatic heterocycles. The Hall–Kier alpha value is -2.12. The highest BCUT2D eigenvalue weighted by Gasteiger charge is 2.60. The van der Waals surface area contributed by atoms with Crippen molar-refractivity contribution in [2.24, 2.45) is 34.5 Å². The number of Topliss-reactive ketones (excluding diaryl/α,β-unsaturated/α-hetero) is 1. The molecule has 188 valence electrons. The number of hydrogen-bond acceptors (Lipinski definition) is 3. The van der Waals surface area contributed by atoms with Crippen LogP contribution in [0, 0.1) is 34.5 Å². The first-order valence-corrected chi connectivity index (χ1v) is 12.2. The second kappa shape index (κ2) is 8.23. The Morgan fingerprint density at radius 3 is 2.41 bits per heavy atom. The Morgan fingerprint density at radius 1 is 1.12 bits per heavy atom. The minimum Gasteiger partial charge on any atom is -0.478 e. The zero-order valence-electron chi connectivity index (χ0n) is 20.2. The third-order valence-corrected chi connectivity index (χ3v) is 9.93. The number of carbonyl (C=O) groups excluding carboxylic acids is 2. The maximum Gasteiger partial charge on any atom is 0.452 e. The number of nitrogens with zero attached hydrogens (tertiary/aromatic N) is 1. The smallest absolute Gasteiger partial charge is 0.452 e. The number of carboxylic acid groups (broad SMARTS) is 1. The van der Waals surface area contributed by atoms with E-state index in [0.29, 0.717) is 30.3 Å². The second-order valence-electron chi connectivity index (χ2n) is 11.3. The van der Waals surface area contributed by atoms with Crippen LogP contribution in [0.1, 0.15) is 65.7 Å². The average Bonchev–Trinajstić information content (AvgIpc) is 3.12. The van der Waals surface area contributed by atoms with Crippen molar-refractivity contribution in [3.63, 3.8) is 0 Å². The number of allylic oxidation sites excluding steroid dienone is 3. The third-order valence-electron chi connectivity index (χ3n) is 9.93. The molecule has 4 aliphatic carbocycles. The zero-order valence-corrected chi connectivity index (χ0v) is 20.2. The molecule has 0 spiro atoms. The van der Waals surface area contributed by atoms with Crippen molar-refractivity contribution in [2.45, 2.75) is 77.9 Å². The molecule has 2 saturated carbocycles. The molecule has 8 heteroatoms. The van der Waals surface area contributed by atoms with Gasteiger partial charge in [0.05, 0.1) is 6.04 Å². The van der Waals surface area contributed by atoms with Crippen LogP contribution >= 0.6 is 0 Å². The molecular weight excluding hydrogens is 447 g/mol. The van der Waals surface area contributed by atoms with E-state index in [0.717, 1.165) is 49.5 Å². The molecule has 0 saturated heterocycles. The van der Waals surface area contributed by atoms with E-state index >= 15 is 0 Å². The lowest BCUT2D eigenvalue weighted by atomic mass is 9.48. The Morgan fingerprint density at radius 2 is 1.79 bits per heavy atom. The Kier molecular flexibility index (Phi) is 6.05. The first-order chi connectivity index (χ1) is 15.7. The molecule has 1 unspecified atom stereocenters. The van der Waals surface area contributed by atoms with Crippen LogP contribution in [0.5, 0.6) is 0 Å². The number of amides is 1. The van der Waals surface area contributed by atoms with E-state index < -0.39 is 29.9 Å². The molecule has 4 aliphatic rings. The van der Waals surface area contributed by atoms with Gasteiger partial charge in [-0.2, -0.15) is 13.2 Å². The summed E-state index contributed by atoms with van der Waals surface area (Å²) in [4.78, 5) is 37.6. The highest BCUT2D eigenvalue weighted by molar-refractivity contribution is 5.93. The fourth-order valence-corrected chi connectivity index (χ4v) is 7.75. The van der Waals surface area contributed by atoms with Crippen LogP contribution in [0.15, 0.2) is 23.3 Å². The predicted octanol–water partition coefficient (Wildman–Crippen LogP) is 5.16. The summed E-state index contributed by atoms with van der Waals surface area (Å²) in [5.41, 5.74) is 1.17. The quantitative estimate of drug-likeness (QED) is 0.602. The summed E-state index contributed by atoms with van der Waals surface area (Å²) >= 11 is 0. The largest absolute Gasteiger partial charge is 0.478 e. The predicted molar refractivity (Wildman–Crippen MR) is 120 cm³/mol. The lowest BCUT2D eigenvalue weighted by Gasteiger charge is -2.57. The molecule has 1 amide bonds. The number of fused-ring (bicyclic) bond motifs is 5. The standard InChI is InChI=1S/C26H34F3NO4/c1-14(21(31)26(27,28)29)30(4)22(32)20-8-7-18-17-6-5-16-13-15(23(33)34)9-11-24(16,2)19(17)10-12-25(18,20)3/h5,13-14,17-20H,6-12H2,1-4H3,(H,33,34)/t14?,17-,18-,19-,20+,24-,25-/m0/s1. The molecular formula is C26H34F3NO4. The van der Waals surface area contributed by atoms with Crippen molar-refractivity contribution < 1.29 is 32.7 Å². The van der Waals surface area contributed by atoms with Gasteiger partial charge in [0.2, 0.25) is 5.91 Å². The van der Waals surface area contributed by atoms with Gasteiger partial charge in [-0.3, -0.25) is 9.59 Å². The maximum atomic E-state index is 13.4. The zero-order chi connectivity index (χ0) is 25.2. The van der Waals surface area contributed by atoms with Gasteiger partial charge in [-0.15, -0.1) is 0 Å². The van der Waals surface area contributed by atoms with E-state index in [1.807, 2.05) is 6.08 Å². The van der Waals surface area contributed by atoms with Crippen molar-refractivity contribution in [2.75, 3.05) is 7.05 Å². The van der Waals surface area contributed by atoms with Crippen LogP contribution in [-0.2, 0) is 14.4 Å². The summed E-state index contributed by atoms with van der Waals surface area (Å²) in [5.74, 6) is -2.47. The molecule has 0 heterocycles. The van der Waals surface area contributed by atoms with Crippen LogP contribution in [0.25, 0.3) is 0 Å². The monoisotopic (exact) mass is 481 g/mol. The molecule has 5 nitrogen and oxygen atoms in total. The van der Waals surface area contributed by atoms with Crippen LogP contribution in [0.4, 0.5) is 13.2 Å². The molecule has 1 N–H and O–H groups in total. The average molecular weight is 482 g/mol. The van der Waals surface area contributed by atoms with Gasteiger partial charge in [-0.1, -0.05) is 19.9 Å². The van der Waals surface area contributed by atoms with Crippen molar-refractivity contribution >= 4 is 17.7 Å². The number of likely N-dealkylation sites (N-methyl/N-ethyl adjacent to an activating group) is 1. The number of carboxylic acids is 1. The van der Waals surface area contributed by atoms with E-state index in [1.54, 1.807) is 0 Å². The van der Waals surface area contributed by atoms with E-state index in [1.165, 1.54) is 7.05 Å². The van der Waals surface area contributed by atoms with Gasteiger partial charge in [-0.05, 0) is 92.1 Å². The number of halogens is 3. The normalized spacial score (nSPS) is 38.0. The Balaban J connectivity index is 1.56. The third kappa shape index (κ3) is 3.72. The van der Waals surface area contributed by atoms with Gasteiger partial charge in [-0.25, -0.2) is 4.79 Å². The molecule has 0 aliphatic heterocycles. The van der Waals surface area contributed by atoms with Gasteiger partial charge in [0, 0.05) is 18.5 Å². The van der Waals surface area contributed by atoms with Crippen molar-refractivity contribution in [3.05, 3.63) is 23.3 Å². The van der Waals surface area contributed by atoms with Crippen LogP contribution in [0.3, 0.4) is 0 Å². The van der Waals surface area contributed by atoms with Crippen molar-refractivity contribution in [1.82, 2.24) is 4.90 Å². The Labute approximate surface area is 198 Å². The fourth-order valence-electron chi connectivity index (χ4n) is 7.75. The Bertz CT molecular complexity index is 970. The number of aliphatic carboxylic acids is 1. The summed E-state index contributed by atoms with van der Waals surface area (Å²) in [7, 11) is 1.31. The molecule has 34 heavy (non-hydrogen) atoms. The molecule has 0 aromatic carbocycles. The summed E-state index contributed by atoms with van der Waals surface area (Å²) in [5, 5.41) is 9.43.